The predicted molar refractivity (Wildman–Crippen MR) is 118 cm³/mol. The van der Waals surface area contributed by atoms with Crippen molar-refractivity contribution in [3.8, 4) is 5.75 Å². The highest BCUT2D eigenvalue weighted by molar-refractivity contribution is 5.90. The van der Waals surface area contributed by atoms with Crippen LogP contribution in [0.1, 0.15) is 32.3 Å². The molecule has 4 N–H and O–H groups in total. The second-order valence-corrected chi connectivity index (χ2v) is 7.00. The third-order valence-electron chi connectivity index (χ3n) is 4.29. The van der Waals surface area contributed by atoms with Crippen molar-refractivity contribution in [1.82, 2.24) is 5.32 Å². The van der Waals surface area contributed by atoms with Crippen LogP contribution in [-0.2, 0) is 16.1 Å². The van der Waals surface area contributed by atoms with Gasteiger partial charge in [-0.25, -0.2) is 0 Å². The number of amides is 2. The lowest BCUT2D eigenvalue weighted by Gasteiger charge is -2.15. The van der Waals surface area contributed by atoms with E-state index in [0.717, 1.165) is 17.0 Å². The summed E-state index contributed by atoms with van der Waals surface area (Å²) < 4.78 is 5.58. The van der Waals surface area contributed by atoms with Gasteiger partial charge in [-0.3, -0.25) is 9.59 Å². The molecule has 0 aromatic heterocycles. The van der Waals surface area contributed by atoms with Crippen molar-refractivity contribution in [1.29, 1.82) is 0 Å². The maximum absolute atomic E-state index is 12.0. The van der Waals surface area contributed by atoms with E-state index in [0.29, 0.717) is 26.0 Å². The number of nitrogens with two attached hydrogens (primary N) is 1. The van der Waals surface area contributed by atoms with E-state index in [9.17, 15) is 9.59 Å². The molecule has 158 valence electrons. The van der Waals surface area contributed by atoms with Crippen LogP contribution in [0.2, 0.25) is 0 Å². The van der Waals surface area contributed by atoms with Crippen LogP contribution in [0.5, 0.6) is 5.75 Å². The zero-order valence-electron chi connectivity index (χ0n) is 16.9. The topological polar surface area (TPSA) is 93.5 Å². The van der Waals surface area contributed by atoms with E-state index in [2.05, 4.69) is 10.6 Å². The first-order valence-electron chi connectivity index (χ1n) is 9.55. The van der Waals surface area contributed by atoms with E-state index in [-0.39, 0.29) is 30.1 Å². The molecule has 0 radical (unpaired) electrons. The summed E-state index contributed by atoms with van der Waals surface area (Å²) in [6, 6.07) is 16.4. The Morgan fingerprint density at radius 1 is 1.03 bits per heavy atom. The number of rotatable bonds is 10. The fraction of sp³-hybridized carbons (Fsp3) is 0.364. The van der Waals surface area contributed by atoms with E-state index >= 15 is 0 Å². The average molecular weight is 420 g/mol. The Kier molecular flexibility index (Phi) is 10.8. The number of ether oxygens (including phenoxy) is 1. The summed E-state index contributed by atoms with van der Waals surface area (Å²) in [5, 5.41) is 5.69. The average Bonchev–Trinajstić information content (AvgIpc) is 2.70. The molecular formula is C22H30ClN3O3. The molecule has 0 heterocycles. The molecule has 2 aromatic carbocycles. The van der Waals surface area contributed by atoms with E-state index in [4.69, 9.17) is 10.5 Å². The molecule has 7 heteroatoms. The molecule has 2 amide bonds. The Bertz CT molecular complexity index is 752. The van der Waals surface area contributed by atoms with Gasteiger partial charge in [0.2, 0.25) is 11.8 Å². The number of carbonyl (C=O) groups is 2. The maximum Gasteiger partial charge on any atom is 0.237 e. The fourth-order valence-corrected chi connectivity index (χ4v) is 2.48. The van der Waals surface area contributed by atoms with Crippen LogP contribution in [0.15, 0.2) is 54.6 Å². The highest BCUT2D eigenvalue weighted by atomic mass is 35.5. The first kappa shape index (κ1) is 24.5. The number of nitrogens with one attached hydrogen (secondary N) is 2. The van der Waals surface area contributed by atoms with E-state index in [1.807, 2.05) is 68.4 Å². The Labute approximate surface area is 178 Å². The molecule has 0 spiro atoms. The molecule has 2 aromatic rings. The Hall–Kier alpha value is -2.57. The van der Waals surface area contributed by atoms with Gasteiger partial charge in [0, 0.05) is 18.7 Å². The SMILES string of the molecule is CC(C)[C@H](N)C(=O)NCc1ccc(NC(=O)CCCOc2ccccc2)cc1.Cl. The van der Waals surface area contributed by atoms with Gasteiger partial charge in [-0.2, -0.15) is 0 Å². The van der Waals surface area contributed by atoms with Gasteiger partial charge in [-0.05, 0) is 42.2 Å². The molecule has 0 fully saturated rings. The van der Waals surface area contributed by atoms with Crippen molar-refractivity contribution < 1.29 is 14.3 Å². The summed E-state index contributed by atoms with van der Waals surface area (Å²) in [6.07, 6.45) is 1.03. The van der Waals surface area contributed by atoms with E-state index < -0.39 is 6.04 Å². The molecule has 2 rings (SSSR count). The smallest absolute Gasteiger partial charge is 0.237 e. The van der Waals surface area contributed by atoms with Crippen LogP contribution >= 0.6 is 12.4 Å². The zero-order valence-corrected chi connectivity index (χ0v) is 17.7. The maximum atomic E-state index is 12.0. The van der Waals surface area contributed by atoms with Crippen LogP contribution in [0, 0.1) is 5.92 Å². The second-order valence-electron chi connectivity index (χ2n) is 7.00. The van der Waals surface area contributed by atoms with Gasteiger partial charge < -0.3 is 21.1 Å². The number of benzene rings is 2. The normalized spacial score (nSPS) is 11.3. The van der Waals surface area contributed by atoms with Gasteiger partial charge in [-0.1, -0.05) is 44.2 Å². The molecule has 6 nitrogen and oxygen atoms in total. The number of halogens is 1. The minimum absolute atomic E-state index is 0. The van der Waals surface area contributed by atoms with Gasteiger partial charge in [0.1, 0.15) is 5.75 Å². The van der Waals surface area contributed by atoms with Gasteiger partial charge in [0.05, 0.1) is 12.6 Å². The van der Waals surface area contributed by atoms with Crippen molar-refractivity contribution in [2.75, 3.05) is 11.9 Å². The highest BCUT2D eigenvalue weighted by Crippen LogP contribution is 2.12. The monoisotopic (exact) mass is 419 g/mol. The lowest BCUT2D eigenvalue weighted by atomic mass is 10.0. The Morgan fingerprint density at radius 3 is 2.31 bits per heavy atom. The summed E-state index contributed by atoms with van der Waals surface area (Å²) in [7, 11) is 0. The molecule has 1 atom stereocenters. The van der Waals surface area contributed by atoms with Gasteiger partial charge in [0.25, 0.3) is 0 Å². The van der Waals surface area contributed by atoms with Gasteiger partial charge >= 0.3 is 0 Å². The van der Waals surface area contributed by atoms with Gasteiger partial charge in [-0.15, -0.1) is 12.4 Å². The van der Waals surface area contributed by atoms with Crippen LogP contribution in [0.3, 0.4) is 0 Å². The first-order valence-corrected chi connectivity index (χ1v) is 9.55. The summed E-state index contributed by atoms with van der Waals surface area (Å²) >= 11 is 0. The minimum atomic E-state index is -0.510. The van der Waals surface area contributed by atoms with Gasteiger partial charge in [0.15, 0.2) is 0 Å². The van der Waals surface area contributed by atoms with Crippen LogP contribution in [-0.4, -0.2) is 24.5 Å². The van der Waals surface area contributed by atoms with Crippen molar-refractivity contribution in [3.63, 3.8) is 0 Å². The molecule has 0 aliphatic carbocycles. The minimum Gasteiger partial charge on any atom is -0.494 e. The third-order valence-corrected chi connectivity index (χ3v) is 4.29. The second kappa shape index (κ2) is 12.8. The van der Waals surface area contributed by atoms with E-state index in [1.54, 1.807) is 0 Å². The standard InChI is InChI=1S/C22H29N3O3.ClH/c1-16(2)21(23)22(27)24-15-17-10-12-18(13-11-17)25-20(26)9-6-14-28-19-7-4-3-5-8-19;/h3-5,7-8,10-13,16,21H,6,9,14-15,23H2,1-2H3,(H,24,27)(H,25,26);1H/t21-;/m0./s1. The third kappa shape index (κ3) is 8.98. The predicted octanol–water partition coefficient (Wildman–Crippen LogP) is 3.51. The number of para-hydroxylation sites is 1. The Morgan fingerprint density at radius 2 is 1.69 bits per heavy atom. The summed E-state index contributed by atoms with van der Waals surface area (Å²) in [5.74, 6) is 0.682. The summed E-state index contributed by atoms with van der Waals surface area (Å²) in [4.78, 5) is 23.9. The molecular weight excluding hydrogens is 390 g/mol. The van der Waals surface area contributed by atoms with Crippen molar-refractivity contribution >= 4 is 29.9 Å². The highest BCUT2D eigenvalue weighted by Gasteiger charge is 2.16. The molecule has 0 bridgehead atoms. The van der Waals surface area contributed by atoms with Crippen LogP contribution in [0.25, 0.3) is 0 Å². The molecule has 0 aliphatic rings. The van der Waals surface area contributed by atoms with Crippen molar-refractivity contribution in [3.05, 3.63) is 60.2 Å². The summed E-state index contributed by atoms with van der Waals surface area (Å²) in [6.45, 7) is 4.73. The Balaban J connectivity index is 0.00000420. The van der Waals surface area contributed by atoms with E-state index in [1.165, 1.54) is 0 Å². The number of carbonyl (C=O) groups excluding carboxylic acids is 2. The molecule has 0 saturated heterocycles. The first-order chi connectivity index (χ1) is 13.5. The number of hydrogen-bond acceptors (Lipinski definition) is 4. The van der Waals surface area contributed by atoms with Crippen LogP contribution < -0.4 is 21.1 Å². The van der Waals surface area contributed by atoms with Crippen molar-refractivity contribution in [2.45, 2.75) is 39.3 Å². The lowest BCUT2D eigenvalue weighted by molar-refractivity contribution is -0.123. The fourth-order valence-electron chi connectivity index (χ4n) is 2.48. The lowest BCUT2D eigenvalue weighted by Crippen LogP contribution is -2.43. The number of anilines is 1. The van der Waals surface area contributed by atoms with Crippen molar-refractivity contribution in [2.24, 2.45) is 11.7 Å². The summed E-state index contributed by atoms with van der Waals surface area (Å²) in [5.41, 5.74) is 7.49. The molecule has 0 aliphatic heterocycles. The van der Waals surface area contributed by atoms with Crippen LogP contribution in [0.4, 0.5) is 5.69 Å². The molecule has 0 unspecified atom stereocenters. The quantitative estimate of drug-likeness (QED) is 0.514. The largest absolute Gasteiger partial charge is 0.494 e. The number of hydrogen-bond donors (Lipinski definition) is 3. The molecule has 0 saturated carbocycles. The molecule has 29 heavy (non-hydrogen) atoms. The zero-order chi connectivity index (χ0) is 20.4.